The number of piperidine rings is 1. The van der Waals surface area contributed by atoms with Gasteiger partial charge in [-0.05, 0) is 32.3 Å². The maximum Gasteiger partial charge on any atom is 0.311 e. The highest BCUT2D eigenvalue weighted by molar-refractivity contribution is 5.76. The summed E-state index contributed by atoms with van der Waals surface area (Å²) in [7, 11) is 1.60. The summed E-state index contributed by atoms with van der Waals surface area (Å²) in [6, 6.07) is 1.81. The van der Waals surface area contributed by atoms with Crippen molar-refractivity contribution in [1.29, 1.82) is 0 Å². The number of carbonyl (C=O) groups is 1. The lowest BCUT2D eigenvalue weighted by Gasteiger charge is -2.39. The maximum absolute atomic E-state index is 11.8. The first-order valence-electron chi connectivity index (χ1n) is 7.65. The number of carboxylic acids is 1. The van der Waals surface area contributed by atoms with E-state index in [1.165, 1.54) is 0 Å². The van der Waals surface area contributed by atoms with E-state index in [1.807, 2.05) is 17.9 Å². The molecule has 0 radical (unpaired) electrons. The Labute approximate surface area is 130 Å². The van der Waals surface area contributed by atoms with Crippen molar-refractivity contribution >= 4 is 17.7 Å². The molecular weight excluding hydrogens is 284 g/mol. The van der Waals surface area contributed by atoms with Gasteiger partial charge in [0.2, 0.25) is 5.95 Å². The van der Waals surface area contributed by atoms with Crippen LogP contribution in [0.1, 0.15) is 26.2 Å². The van der Waals surface area contributed by atoms with Crippen LogP contribution in [-0.4, -0.2) is 54.4 Å². The molecule has 2 heterocycles. The molecule has 22 heavy (non-hydrogen) atoms. The first-order valence-corrected chi connectivity index (χ1v) is 7.65. The minimum absolute atomic E-state index is 0.418. The van der Waals surface area contributed by atoms with Gasteiger partial charge in [-0.15, -0.1) is 0 Å². The van der Waals surface area contributed by atoms with Crippen LogP contribution in [0.5, 0.6) is 0 Å². The second kappa shape index (κ2) is 7.40. The number of methoxy groups -OCH3 is 1. The number of anilines is 2. The Morgan fingerprint density at radius 1 is 1.59 bits per heavy atom. The van der Waals surface area contributed by atoms with Crippen LogP contribution >= 0.6 is 0 Å². The molecule has 122 valence electrons. The average molecular weight is 308 g/mol. The normalized spacial score (nSPS) is 21.6. The zero-order chi connectivity index (χ0) is 16.0. The van der Waals surface area contributed by atoms with E-state index in [-0.39, 0.29) is 0 Å². The smallest absolute Gasteiger partial charge is 0.311 e. The highest BCUT2D eigenvalue weighted by Crippen LogP contribution is 2.35. The van der Waals surface area contributed by atoms with E-state index in [9.17, 15) is 9.90 Å². The molecule has 1 aromatic rings. The van der Waals surface area contributed by atoms with Crippen LogP contribution in [0.3, 0.4) is 0 Å². The summed E-state index contributed by atoms with van der Waals surface area (Å²) in [5.41, 5.74) is -0.786. The largest absolute Gasteiger partial charge is 0.481 e. The molecule has 1 atom stereocenters. The van der Waals surface area contributed by atoms with Gasteiger partial charge >= 0.3 is 5.97 Å². The van der Waals surface area contributed by atoms with Gasteiger partial charge in [0.15, 0.2) is 0 Å². The maximum atomic E-state index is 11.8. The minimum atomic E-state index is -0.786. The van der Waals surface area contributed by atoms with E-state index >= 15 is 0 Å². The molecule has 0 aliphatic carbocycles. The second-order valence-corrected chi connectivity index (χ2v) is 5.63. The molecular formula is C15H24N4O3. The number of nitrogens with zero attached hydrogens (tertiary/aromatic N) is 3. The van der Waals surface area contributed by atoms with Gasteiger partial charge in [-0.2, -0.15) is 4.98 Å². The average Bonchev–Trinajstić information content (AvgIpc) is 2.53. The molecule has 0 bridgehead atoms. The fourth-order valence-electron chi connectivity index (χ4n) is 2.87. The van der Waals surface area contributed by atoms with Crippen LogP contribution in [0, 0.1) is 5.41 Å². The zero-order valence-corrected chi connectivity index (χ0v) is 13.2. The third-order valence-electron chi connectivity index (χ3n) is 4.10. The summed E-state index contributed by atoms with van der Waals surface area (Å²) in [5.74, 6) is 0.578. The van der Waals surface area contributed by atoms with Gasteiger partial charge in [0, 0.05) is 39.5 Å². The number of ether oxygens (including phenoxy) is 1. The lowest BCUT2D eigenvalue weighted by molar-refractivity contribution is -0.150. The molecule has 7 heteroatoms. The molecule has 1 aliphatic heterocycles. The number of aromatic nitrogens is 2. The number of hydrogen-bond donors (Lipinski definition) is 2. The van der Waals surface area contributed by atoms with Crippen molar-refractivity contribution in [3.8, 4) is 0 Å². The summed E-state index contributed by atoms with van der Waals surface area (Å²) >= 11 is 0. The van der Waals surface area contributed by atoms with Gasteiger partial charge in [0.05, 0.1) is 5.41 Å². The van der Waals surface area contributed by atoms with Crippen LogP contribution < -0.4 is 10.2 Å². The fourth-order valence-corrected chi connectivity index (χ4v) is 2.87. The zero-order valence-electron chi connectivity index (χ0n) is 13.2. The Kier molecular flexibility index (Phi) is 5.54. The number of hydrogen-bond acceptors (Lipinski definition) is 6. The third-order valence-corrected chi connectivity index (χ3v) is 4.10. The Balaban J connectivity index is 2.18. The quantitative estimate of drug-likeness (QED) is 0.791. The molecule has 0 aromatic carbocycles. The SMILES string of the molecule is CCNc1ccnc(N2CCC[C@@](CCOC)(C(=O)O)C2)n1. The second-order valence-electron chi connectivity index (χ2n) is 5.63. The van der Waals surface area contributed by atoms with Crippen LogP contribution in [0.25, 0.3) is 0 Å². The highest BCUT2D eigenvalue weighted by atomic mass is 16.5. The van der Waals surface area contributed by atoms with Crippen molar-refractivity contribution < 1.29 is 14.6 Å². The van der Waals surface area contributed by atoms with Gasteiger partial charge < -0.3 is 20.1 Å². The number of carboxylic acid groups (broad SMARTS) is 1. The van der Waals surface area contributed by atoms with Crippen molar-refractivity contribution in [2.75, 3.05) is 43.6 Å². The molecule has 0 saturated carbocycles. The first-order chi connectivity index (χ1) is 10.6. The van der Waals surface area contributed by atoms with E-state index < -0.39 is 11.4 Å². The van der Waals surface area contributed by atoms with E-state index in [4.69, 9.17) is 4.74 Å². The Morgan fingerprint density at radius 3 is 3.09 bits per heavy atom. The topological polar surface area (TPSA) is 87.6 Å². The number of aliphatic carboxylic acids is 1. The highest BCUT2D eigenvalue weighted by Gasteiger charge is 2.42. The molecule has 0 unspecified atom stereocenters. The van der Waals surface area contributed by atoms with Crippen molar-refractivity contribution in [2.24, 2.45) is 5.41 Å². The molecule has 1 aliphatic rings. The summed E-state index contributed by atoms with van der Waals surface area (Å²) in [6.07, 6.45) is 3.68. The summed E-state index contributed by atoms with van der Waals surface area (Å²) in [5, 5.41) is 12.8. The van der Waals surface area contributed by atoms with Crippen molar-refractivity contribution in [1.82, 2.24) is 9.97 Å². The van der Waals surface area contributed by atoms with E-state index in [0.717, 1.165) is 25.3 Å². The number of rotatable bonds is 7. The Hall–Kier alpha value is -1.89. The first kappa shape index (κ1) is 16.5. The van der Waals surface area contributed by atoms with Crippen LogP contribution in [0.4, 0.5) is 11.8 Å². The number of nitrogens with one attached hydrogen (secondary N) is 1. The van der Waals surface area contributed by atoms with Gasteiger partial charge in [0.1, 0.15) is 5.82 Å². The molecule has 2 N–H and O–H groups in total. The molecule has 0 spiro atoms. The molecule has 0 amide bonds. The van der Waals surface area contributed by atoms with Gasteiger partial charge in [0.25, 0.3) is 0 Å². The van der Waals surface area contributed by atoms with Gasteiger partial charge in [-0.25, -0.2) is 4.98 Å². The standard InChI is InChI=1S/C15H24N4O3/c1-3-16-12-5-8-17-14(18-12)19-9-4-6-15(11-19,13(20)21)7-10-22-2/h5,8H,3-4,6-7,9-11H2,1-2H3,(H,20,21)(H,16,17,18)/t15-/m0/s1. The summed E-state index contributed by atoms with van der Waals surface area (Å²) < 4.78 is 5.09. The van der Waals surface area contributed by atoms with E-state index in [1.54, 1.807) is 13.3 Å². The van der Waals surface area contributed by atoms with Crippen molar-refractivity contribution in [3.05, 3.63) is 12.3 Å². The minimum Gasteiger partial charge on any atom is -0.481 e. The van der Waals surface area contributed by atoms with E-state index in [2.05, 4.69) is 15.3 Å². The van der Waals surface area contributed by atoms with Crippen molar-refractivity contribution in [2.45, 2.75) is 26.2 Å². The fraction of sp³-hybridized carbons (Fsp3) is 0.667. The van der Waals surface area contributed by atoms with Crippen LogP contribution in [0.15, 0.2) is 12.3 Å². The summed E-state index contributed by atoms with van der Waals surface area (Å²) in [6.45, 7) is 4.42. The lowest BCUT2D eigenvalue weighted by Crippen LogP contribution is -2.49. The van der Waals surface area contributed by atoms with Crippen LogP contribution in [-0.2, 0) is 9.53 Å². The lowest BCUT2D eigenvalue weighted by atomic mass is 9.77. The predicted molar refractivity (Wildman–Crippen MR) is 84.2 cm³/mol. The molecule has 7 nitrogen and oxygen atoms in total. The summed E-state index contributed by atoms with van der Waals surface area (Å²) in [4.78, 5) is 22.5. The third kappa shape index (κ3) is 3.65. The van der Waals surface area contributed by atoms with Crippen molar-refractivity contribution in [3.63, 3.8) is 0 Å². The van der Waals surface area contributed by atoms with E-state index in [0.29, 0.717) is 31.9 Å². The monoisotopic (exact) mass is 308 g/mol. The Morgan fingerprint density at radius 2 is 2.41 bits per heavy atom. The molecule has 1 fully saturated rings. The Bertz CT molecular complexity index is 511. The predicted octanol–water partition coefficient (Wildman–Crippen LogP) is 1.62. The van der Waals surface area contributed by atoms with Gasteiger partial charge in [-0.3, -0.25) is 4.79 Å². The molecule has 1 aromatic heterocycles. The molecule has 1 saturated heterocycles. The van der Waals surface area contributed by atoms with Gasteiger partial charge in [-0.1, -0.05) is 0 Å². The molecule has 2 rings (SSSR count). The van der Waals surface area contributed by atoms with Crippen LogP contribution in [0.2, 0.25) is 0 Å².